The van der Waals surface area contributed by atoms with E-state index in [1.165, 1.54) is 0 Å². The lowest BCUT2D eigenvalue weighted by Crippen LogP contribution is -2.29. The van der Waals surface area contributed by atoms with Gasteiger partial charge >= 0.3 is 0 Å². The molecule has 2 heteroatoms. The summed E-state index contributed by atoms with van der Waals surface area (Å²) in [4.78, 5) is 11.3. The molecule has 0 aromatic rings. The third-order valence-electron chi connectivity index (χ3n) is 2.00. The minimum atomic E-state index is 0.0355. The van der Waals surface area contributed by atoms with Gasteiger partial charge in [-0.05, 0) is 12.3 Å². The van der Waals surface area contributed by atoms with Gasteiger partial charge in [0.25, 0.3) is 0 Å². The second-order valence-corrected chi connectivity index (χ2v) is 3.13. The summed E-state index contributed by atoms with van der Waals surface area (Å²) < 4.78 is 0. The van der Waals surface area contributed by atoms with Crippen LogP contribution in [0, 0.1) is 24.2 Å². The van der Waals surface area contributed by atoms with Crippen LogP contribution in [-0.2, 0) is 4.79 Å². The third-order valence-corrected chi connectivity index (χ3v) is 2.00. The van der Waals surface area contributed by atoms with Gasteiger partial charge in [0.05, 0.1) is 12.5 Å². The molecule has 0 heterocycles. The zero-order chi connectivity index (χ0) is 8.97. The molecular formula is C10H13NO. The van der Waals surface area contributed by atoms with Crippen LogP contribution in [0.4, 0.5) is 0 Å². The highest BCUT2D eigenvalue weighted by atomic mass is 16.1. The number of hydrogen-bond donors (Lipinski definition) is 1. The van der Waals surface area contributed by atoms with Gasteiger partial charge in [0.15, 0.2) is 0 Å². The number of nitrogens with one attached hydrogen (secondary N) is 1. The second-order valence-electron chi connectivity index (χ2n) is 3.13. The van der Waals surface area contributed by atoms with E-state index in [4.69, 9.17) is 6.42 Å². The first kappa shape index (κ1) is 8.86. The Morgan fingerprint density at radius 2 is 2.50 bits per heavy atom. The van der Waals surface area contributed by atoms with Crippen LogP contribution < -0.4 is 5.32 Å². The normalized spacial score (nSPS) is 26.7. The molecule has 1 rings (SSSR count). The van der Waals surface area contributed by atoms with E-state index in [1.54, 1.807) is 0 Å². The van der Waals surface area contributed by atoms with E-state index in [1.807, 2.05) is 6.08 Å². The predicted octanol–water partition coefficient (Wildman–Crippen LogP) is 0.948. The maximum Gasteiger partial charge on any atom is 0.227 e. The first-order valence-corrected chi connectivity index (χ1v) is 4.13. The largest absolute Gasteiger partial charge is 0.345 e. The molecule has 0 bridgehead atoms. The van der Waals surface area contributed by atoms with Crippen molar-refractivity contribution in [3.05, 3.63) is 12.2 Å². The van der Waals surface area contributed by atoms with Crippen LogP contribution in [0.2, 0.25) is 0 Å². The molecule has 0 aromatic carbocycles. The van der Waals surface area contributed by atoms with Crippen LogP contribution in [0.15, 0.2) is 12.2 Å². The van der Waals surface area contributed by atoms with Gasteiger partial charge in [-0.2, -0.15) is 0 Å². The standard InChI is InChI=1S/C10H13NO/c1-3-6-11-10(12)9-5-4-8(2)7-9/h1,4-5,8-9H,6-7H2,2H3,(H,11,12)/t8-,9+/m0/s1. The third kappa shape index (κ3) is 2.13. The van der Waals surface area contributed by atoms with Crippen molar-refractivity contribution in [1.82, 2.24) is 5.32 Å². The Labute approximate surface area is 73.0 Å². The van der Waals surface area contributed by atoms with Crippen molar-refractivity contribution in [2.45, 2.75) is 13.3 Å². The summed E-state index contributed by atoms with van der Waals surface area (Å²) in [5, 5.41) is 2.67. The van der Waals surface area contributed by atoms with E-state index < -0.39 is 0 Å². The second kappa shape index (κ2) is 3.96. The summed E-state index contributed by atoms with van der Waals surface area (Å²) in [5.41, 5.74) is 0. The maximum absolute atomic E-state index is 11.3. The average Bonchev–Trinajstić information content (AvgIpc) is 2.47. The molecule has 1 aliphatic carbocycles. The SMILES string of the molecule is C#CCNC(=O)[C@@H]1C=C[C@H](C)C1. The number of amides is 1. The molecule has 1 N–H and O–H groups in total. The topological polar surface area (TPSA) is 29.1 Å². The predicted molar refractivity (Wildman–Crippen MR) is 48.3 cm³/mol. The molecular weight excluding hydrogens is 150 g/mol. The number of allylic oxidation sites excluding steroid dienone is 1. The van der Waals surface area contributed by atoms with Crippen molar-refractivity contribution in [3.63, 3.8) is 0 Å². The minimum absolute atomic E-state index is 0.0355. The van der Waals surface area contributed by atoms with Crippen molar-refractivity contribution >= 4 is 5.91 Å². The molecule has 0 radical (unpaired) electrons. The molecule has 12 heavy (non-hydrogen) atoms. The summed E-state index contributed by atoms with van der Waals surface area (Å²) in [6, 6.07) is 0. The van der Waals surface area contributed by atoms with Gasteiger partial charge in [-0.25, -0.2) is 0 Å². The van der Waals surface area contributed by atoms with Gasteiger partial charge in [0, 0.05) is 0 Å². The lowest BCUT2D eigenvalue weighted by Gasteiger charge is -2.07. The van der Waals surface area contributed by atoms with Crippen molar-refractivity contribution in [2.75, 3.05) is 6.54 Å². The van der Waals surface area contributed by atoms with Crippen LogP contribution in [-0.4, -0.2) is 12.5 Å². The van der Waals surface area contributed by atoms with E-state index in [2.05, 4.69) is 24.2 Å². The van der Waals surface area contributed by atoms with Gasteiger partial charge in [-0.1, -0.05) is 25.0 Å². The summed E-state index contributed by atoms with van der Waals surface area (Å²) in [6.45, 7) is 2.43. The van der Waals surface area contributed by atoms with Gasteiger partial charge in [-0.15, -0.1) is 6.42 Å². The first-order valence-electron chi connectivity index (χ1n) is 4.13. The van der Waals surface area contributed by atoms with Crippen LogP contribution in [0.5, 0.6) is 0 Å². The fourth-order valence-electron chi connectivity index (χ4n) is 1.35. The average molecular weight is 163 g/mol. The Morgan fingerprint density at radius 3 is 3.00 bits per heavy atom. The van der Waals surface area contributed by atoms with E-state index in [9.17, 15) is 4.79 Å². The zero-order valence-corrected chi connectivity index (χ0v) is 7.21. The van der Waals surface area contributed by atoms with Crippen molar-refractivity contribution in [1.29, 1.82) is 0 Å². The Bertz CT molecular complexity index is 237. The monoisotopic (exact) mass is 163 g/mol. The number of terminal acetylenes is 1. The van der Waals surface area contributed by atoms with Gasteiger partial charge in [-0.3, -0.25) is 4.79 Å². The highest BCUT2D eigenvalue weighted by Crippen LogP contribution is 2.22. The number of carbonyl (C=O) groups is 1. The Balaban J connectivity index is 2.35. The molecule has 0 aromatic heterocycles. The van der Waals surface area contributed by atoms with Crippen LogP contribution in [0.25, 0.3) is 0 Å². The van der Waals surface area contributed by atoms with E-state index in [0.29, 0.717) is 12.5 Å². The number of rotatable bonds is 2. The fourth-order valence-corrected chi connectivity index (χ4v) is 1.35. The van der Waals surface area contributed by atoms with Gasteiger partial charge in [0.2, 0.25) is 5.91 Å². The maximum atomic E-state index is 11.3. The number of hydrogen-bond acceptors (Lipinski definition) is 1. The van der Waals surface area contributed by atoms with Crippen LogP contribution in [0.3, 0.4) is 0 Å². The molecule has 0 saturated carbocycles. The van der Waals surface area contributed by atoms with Crippen molar-refractivity contribution in [2.24, 2.45) is 11.8 Å². The van der Waals surface area contributed by atoms with E-state index in [-0.39, 0.29) is 11.8 Å². The highest BCUT2D eigenvalue weighted by Gasteiger charge is 2.21. The summed E-state index contributed by atoms with van der Waals surface area (Å²) in [7, 11) is 0. The van der Waals surface area contributed by atoms with Crippen LogP contribution >= 0.6 is 0 Å². The van der Waals surface area contributed by atoms with Crippen molar-refractivity contribution in [3.8, 4) is 12.3 Å². The van der Waals surface area contributed by atoms with Gasteiger partial charge < -0.3 is 5.32 Å². The van der Waals surface area contributed by atoms with Crippen molar-refractivity contribution < 1.29 is 4.79 Å². The summed E-state index contributed by atoms with van der Waals surface area (Å²) in [5.74, 6) is 2.98. The Hall–Kier alpha value is -1.23. The minimum Gasteiger partial charge on any atom is -0.345 e. The lowest BCUT2D eigenvalue weighted by molar-refractivity contribution is -0.123. The highest BCUT2D eigenvalue weighted by molar-refractivity contribution is 5.81. The first-order chi connectivity index (χ1) is 5.74. The zero-order valence-electron chi connectivity index (χ0n) is 7.21. The Morgan fingerprint density at radius 1 is 1.75 bits per heavy atom. The quantitative estimate of drug-likeness (QED) is 0.476. The molecule has 1 aliphatic rings. The molecule has 0 saturated heterocycles. The number of carbonyl (C=O) groups excluding carboxylic acids is 1. The lowest BCUT2D eigenvalue weighted by atomic mass is 10.0. The molecule has 2 nitrogen and oxygen atoms in total. The summed E-state index contributed by atoms with van der Waals surface area (Å²) >= 11 is 0. The molecule has 0 spiro atoms. The molecule has 0 aliphatic heterocycles. The molecule has 64 valence electrons. The summed E-state index contributed by atoms with van der Waals surface area (Å²) in [6.07, 6.45) is 9.96. The van der Waals surface area contributed by atoms with Gasteiger partial charge in [0.1, 0.15) is 0 Å². The van der Waals surface area contributed by atoms with E-state index >= 15 is 0 Å². The smallest absolute Gasteiger partial charge is 0.227 e. The molecule has 0 fully saturated rings. The van der Waals surface area contributed by atoms with Crippen LogP contribution in [0.1, 0.15) is 13.3 Å². The fraction of sp³-hybridized carbons (Fsp3) is 0.500. The molecule has 0 unspecified atom stereocenters. The Kier molecular flexibility index (Phi) is 2.93. The molecule has 2 atom stereocenters. The molecule has 1 amide bonds. The van der Waals surface area contributed by atoms with E-state index in [0.717, 1.165) is 6.42 Å².